The van der Waals surface area contributed by atoms with E-state index in [9.17, 15) is 47.9 Å². The fraction of sp³-hybridized carbons (Fsp3) is 0.439. The summed E-state index contributed by atoms with van der Waals surface area (Å²) >= 11 is 1.27. The number of esters is 1. The zero-order chi connectivity index (χ0) is 58.6. The highest BCUT2D eigenvalue weighted by Gasteiger charge is 2.30. The Morgan fingerprint density at radius 1 is 0.716 bits per heavy atom. The lowest BCUT2D eigenvalue weighted by molar-refractivity contribution is -0.147. The maximum absolute atomic E-state index is 13.6. The van der Waals surface area contributed by atoms with Gasteiger partial charge in [0.2, 0.25) is 23.6 Å². The number of fused-ring (bicyclic) bond motifs is 2. The first-order valence-electron chi connectivity index (χ1n) is 26.6. The second kappa shape index (κ2) is 30.2. The third-order valence-electron chi connectivity index (χ3n) is 13.2. The smallest absolute Gasteiger partial charge is 0.312 e. The maximum Gasteiger partial charge on any atom is 0.312 e. The number of carboxylic acid groups (broad SMARTS) is 1. The van der Waals surface area contributed by atoms with E-state index in [1.165, 1.54) is 37.7 Å². The number of nitrogens with zero attached hydrogens (tertiary/aromatic N) is 2. The second-order valence-electron chi connectivity index (χ2n) is 19.6. The molecular formula is C57H69N7O16S. The molecule has 81 heavy (non-hydrogen) atoms. The van der Waals surface area contributed by atoms with E-state index < -0.39 is 41.9 Å². The van der Waals surface area contributed by atoms with Gasteiger partial charge in [-0.25, -0.2) is 4.79 Å². The first-order chi connectivity index (χ1) is 38.8. The SMILES string of the molecule is COc1cc2c(cc1OCCCOc1cc3cc(C(=O)CCC(=O)O)sc3cc1OC)CN(C(=O)CCC(=O)OCc1ccc(NC(=O)[C@H](CCCNC(N)=O)NC(=O)[C@@H](NC(=O)CCCCCN3C(=O)C=CC3=O)C(C)C)cc1)C2. The Labute approximate surface area is 472 Å². The van der Waals surface area contributed by atoms with Crippen LogP contribution in [0.15, 0.2) is 66.7 Å². The van der Waals surface area contributed by atoms with Crippen LogP contribution in [-0.2, 0) is 62.8 Å². The number of thiophene rings is 1. The highest BCUT2D eigenvalue weighted by atomic mass is 32.1. The topological polar surface area (TPSA) is 318 Å². The summed E-state index contributed by atoms with van der Waals surface area (Å²) in [6.45, 7) is 4.97. The Morgan fingerprint density at radius 3 is 2.01 bits per heavy atom. The van der Waals surface area contributed by atoms with Crippen LogP contribution in [0.3, 0.4) is 0 Å². The molecule has 0 radical (unpaired) electrons. The molecular weight excluding hydrogens is 1070 g/mol. The highest BCUT2D eigenvalue weighted by Crippen LogP contribution is 2.38. The molecule has 434 valence electrons. The van der Waals surface area contributed by atoms with Gasteiger partial charge in [0.25, 0.3) is 11.8 Å². The predicted molar refractivity (Wildman–Crippen MR) is 296 cm³/mol. The Kier molecular flexibility index (Phi) is 23.0. The minimum atomic E-state index is -1.07. The average molecular weight is 1140 g/mol. The third kappa shape index (κ3) is 18.5. The van der Waals surface area contributed by atoms with E-state index in [2.05, 4.69) is 21.3 Å². The summed E-state index contributed by atoms with van der Waals surface area (Å²) in [4.78, 5) is 128. The monoisotopic (exact) mass is 1140 g/mol. The van der Waals surface area contributed by atoms with Gasteiger partial charge in [-0.15, -0.1) is 11.3 Å². The van der Waals surface area contributed by atoms with E-state index >= 15 is 0 Å². The first-order valence-corrected chi connectivity index (χ1v) is 27.5. The molecule has 0 fully saturated rings. The van der Waals surface area contributed by atoms with Crippen molar-refractivity contribution in [1.29, 1.82) is 0 Å². The van der Waals surface area contributed by atoms with Gasteiger partial charge in [-0.1, -0.05) is 32.4 Å². The molecule has 2 atom stereocenters. The van der Waals surface area contributed by atoms with E-state index in [1.54, 1.807) is 61.2 Å². The number of ether oxygens (including phenoxy) is 5. The number of carbonyl (C=O) groups is 10. The Morgan fingerprint density at radius 2 is 1.37 bits per heavy atom. The van der Waals surface area contributed by atoms with Crippen LogP contribution >= 0.6 is 11.3 Å². The molecule has 0 bridgehead atoms. The third-order valence-corrected chi connectivity index (χ3v) is 14.4. The molecule has 0 saturated heterocycles. The number of primary amides is 1. The molecule has 23 nitrogen and oxygen atoms in total. The van der Waals surface area contributed by atoms with Crippen molar-refractivity contribution >= 4 is 86.3 Å². The van der Waals surface area contributed by atoms with Gasteiger partial charge >= 0.3 is 18.0 Å². The van der Waals surface area contributed by atoms with E-state index in [4.69, 9.17) is 34.5 Å². The van der Waals surface area contributed by atoms with Gasteiger partial charge in [0, 0.05) is 80.5 Å². The van der Waals surface area contributed by atoms with Gasteiger partial charge in [-0.3, -0.25) is 48.1 Å². The van der Waals surface area contributed by atoms with Crippen LogP contribution in [0.5, 0.6) is 23.0 Å². The predicted octanol–water partition coefficient (Wildman–Crippen LogP) is 5.68. The second-order valence-corrected chi connectivity index (χ2v) is 20.7. The van der Waals surface area contributed by atoms with Crippen LogP contribution < -0.4 is 45.9 Å². The normalized spacial score (nSPS) is 13.3. The largest absolute Gasteiger partial charge is 0.493 e. The number of nitrogens with two attached hydrogens (primary N) is 1. The summed E-state index contributed by atoms with van der Waals surface area (Å²) in [6, 6.07) is 12.7. The number of amides is 8. The minimum Gasteiger partial charge on any atom is -0.493 e. The molecule has 0 aliphatic carbocycles. The lowest BCUT2D eigenvalue weighted by Gasteiger charge is -2.25. The van der Waals surface area contributed by atoms with Crippen molar-refractivity contribution in [2.45, 2.75) is 116 Å². The number of hydrogen-bond acceptors (Lipinski definition) is 16. The summed E-state index contributed by atoms with van der Waals surface area (Å²) in [6.07, 6.45) is 4.40. The molecule has 4 aromatic rings. The van der Waals surface area contributed by atoms with Crippen LogP contribution in [0.2, 0.25) is 0 Å². The van der Waals surface area contributed by atoms with E-state index in [-0.39, 0.29) is 113 Å². The van der Waals surface area contributed by atoms with Crippen molar-refractivity contribution in [2.24, 2.45) is 11.7 Å². The number of methoxy groups -OCH3 is 2. The summed E-state index contributed by atoms with van der Waals surface area (Å²) in [5, 5.41) is 20.5. The molecule has 0 saturated carbocycles. The summed E-state index contributed by atoms with van der Waals surface area (Å²) in [5.74, 6) is -2.73. The number of carboxylic acids is 1. The maximum atomic E-state index is 13.6. The fourth-order valence-corrected chi connectivity index (χ4v) is 9.85. The van der Waals surface area contributed by atoms with Gasteiger partial charge in [0.15, 0.2) is 28.8 Å². The number of urea groups is 1. The standard InChI is InChI=1S/C57H69N7O16S/c1-34(2)54(62-48(66)11-6-5-7-23-64-50(68)17-18-51(64)69)56(74)61-40(10-8-22-59-57(58)75)55(73)60-39-14-12-35(13-15-39)33-80-53(72)21-19-49(67)63-31-37-27-42(76-3)45(28-38(37)32-63)79-25-9-24-78-44-26-36-29-47(41(65)16-20-52(70)71)81-46(36)30-43(44)77-4/h12-15,17-18,26-30,34,40,54H,5-11,16,19-25,31-33H2,1-4H3,(H,60,73)(H,61,74)(H,62,66)(H,70,71)(H3,58,59,75)/t40-,54-/m0/s1. The van der Waals surface area contributed by atoms with Crippen molar-refractivity contribution in [1.82, 2.24) is 25.8 Å². The molecule has 1 aromatic heterocycles. The van der Waals surface area contributed by atoms with Crippen molar-refractivity contribution in [2.75, 3.05) is 45.8 Å². The molecule has 8 amide bonds. The molecule has 0 unspecified atom stereocenters. The van der Waals surface area contributed by atoms with Crippen molar-refractivity contribution in [3.8, 4) is 23.0 Å². The summed E-state index contributed by atoms with van der Waals surface area (Å²) in [5.41, 5.74) is 7.94. The molecule has 7 N–H and O–H groups in total. The fourth-order valence-electron chi connectivity index (χ4n) is 8.81. The van der Waals surface area contributed by atoms with Gasteiger partial charge in [0.1, 0.15) is 18.7 Å². The van der Waals surface area contributed by atoms with Gasteiger partial charge < -0.3 is 60.7 Å². The molecule has 0 spiro atoms. The van der Waals surface area contributed by atoms with Gasteiger partial charge in [0.05, 0.1) is 45.2 Å². The Hall–Kier alpha value is -8.54. The molecule has 2 aliphatic rings. The van der Waals surface area contributed by atoms with E-state index in [0.29, 0.717) is 77.9 Å². The number of hydrogen-bond donors (Lipinski definition) is 6. The quantitative estimate of drug-likeness (QED) is 0.0145. The molecule has 3 heterocycles. The van der Waals surface area contributed by atoms with E-state index in [1.807, 2.05) is 12.1 Å². The molecule has 3 aromatic carbocycles. The van der Waals surface area contributed by atoms with E-state index in [0.717, 1.165) is 26.1 Å². The Balaban J connectivity index is 0.914. The zero-order valence-electron chi connectivity index (χ0n) is 45.8. The van der Waals surface area contributed by atoms with Crippen molar-refractivity contribution < 1.29 is 76.7 Å². The lowest BCUT2D eigenvalue weighted by atomic mass is 10.0. The van der Waals surface area contributed by atoms with Crippen LogP contribution in [0, 0.1) is 5.92 Å². The number of nitrogens with one attached hydrogen (secondary N) is 4. The number of Topliss-reactive ketones (excluding diaryl/α,β-unsaturated/α-hetero) is 1. The number of carbonyl (C=O) groups excluding carboxylic acids is 9. The van der Waals surface area contributed by atoms with Crippen LogP contribution in [-0.4, -0.2) is 127 Å². The van der Waals surface area contributed by atoms with Crippen molar-refractivity contribution in [3.63, 3.8) is 0 Å². The first kappa shape index (κ1) is 61.7. The van der Waals surface area contributed by atoms with Crippen molar-refractivity contribution in [3.05, 3.63) is 88.3 Å². The summed E-state index contributed by atoms with van der Waals surface area (Å²) < 4.78 is 29.5. The lowest BCUT2D eigenvalue weighted by Crippen LogP contribution is -2.54. The number of aliphatic carboxylic acids is 1. The zero-order valence-corrected chi connectivity index (χ0v) is 46.6. The van der Waals surface area contributed by atoms with Gasteiger partial charge in [-0.2, -0.15) is 0 Å². The number of anilines is 1. The molecule has 24 heteroatoms. The minimum absolute atomic E-state index is 0.0812. The number of benzene rings is 3. The molecule has 6 rings (SSSR count). The van der Waals surface area contributed by atoms with Crippen LogP contribution in [0.25, 0.3) is 10.1 Å². The number of imide groups is 1. The number of ketones is 1. The van der Waals surface area contributed by atoms with Crippen LogP contribution in [0.4, 0.5) is 10.5 Å². The van der Waals surface area contributed by atoms with Crippen LogP contribution in [0.1, 0.15) is 111 Å². The Bertz CT molecular complexity index is 2980. The number of rotatable bonds is 33. The van der Waals surface area contributed by atoms with Gasteiger partial charge in [-0.05, 0) is 90.1 Å². The highest BCUT2D eigenvalue weighted by molar-refractivity contribution is 7.20. The number of unbranched alkanes of at least 4 members (excludes halogenated alkanes) is 2. The average Bonchev–Trinajstić information content (AvgIpc) is 4.21. The summed E-state index contributed by atoms with van der Waals surface area (Å²) in [7, 11) is 3.04. The molecule has 2 aliphatic heterocycles.